The van der Waals surface area contributed by atoms with E-state index in [9.17, 15) is 4.79 Å². The van der Waals surface area contributed by atoms with Gasteiger partial charge in [-0.25, -0.2) is 4.68 Å². The van der Waals surface area contributed by atoms with Gasteiger partial charge in [0.1, 0.15) is 5.82 Å². The van der Waals surface area contributed by atoms with E-state index in [2.05, 4.69) is 48.5 Å². The molecule has 0 aliphatic rings. The van der Waals surface area contributed by atoms with Gasteiger partial charge < -0.3 is 5.32 Å². The van der Waals surface area contributed by atoms with Crippen LogP contribution in [0.3, 0.4) is 0 Å². The fraction of sp³-hybridized carbons (Fsp3) is 0.273. The van der Waals surface area contributed by atoms with E-state index in [0.29, 0.717) is 12.3 Å². The Morgan fingerprint density at radius 3 is 2.08 bits per heavy atom. The number of aromatic nitrogens is 2. The van der Waals surface area contributed by atoms with Gasteiger partial charge in [0.15, 0.2) is 0 Å². The van der Waals surface area contributed by atoms with Crippen LogP contribution in [0.25, 0.3) is 0 Å². The van der Waals surface area contributed by atoms with E-state index < -0.39 is 0 Å². The Morgan fingerprint density at radius 1 is 0.962 bits per heavy atom. The van der Waals surface area contributed by atoms with Gasteiger partial charge in [0.2, 0.25) is 5.91 Å². The lowest BCUT2D eigenvalue weighted by molar-refractivity contribution is -0.116. The molecule has 0 spiro atoms. The van der Waals surface area contributed by atoms with Crippen LogP contribution in [-0.2, 0) is 11.3 Å². The first kappa shape index (κ1) is 17.9. The summed E-state index contributed by atoms with van der Waals surface area (Å²) in [6.07, 6.45) is 2.12. The summed E-state index contributed by atoms with van der Waals surface area (Å²) in [5.41, 5.74) is 2.29. The molecule has 0 fully saturated rings. The third-order valence-corrected chi connectivity index (χ3v) is 4.32. The van der Waals surface area contributed by atoms with Crippen molar-refractivity contribution in [3.63, 3.8) is 0 Å². The third-order valence-electron chi connectivity index (χ3n) is 4.32. The van der Waals surface area contributed by atoms with Crippen molar-refractivity contribution in [1.29, 1.82) is 0 Å². The van der Waals surface area contributed by atoms with E-state index in [1.807, 2.05) is 47.1 Å². The van der Waals surface area contributed by atoms with Crippen LogP contribution < -0.4 is 5.32 Å². The van der Waals surface area contributed by atoms with E-state index in [4.69, 9.17) is 0 Å². The van der Waals surface area contributed by atoms with Crippen LogP contribution in [0.4, 0.5) is 5.82 Å². The zero-order chi connectivity index (χ0) is 18.4. The van der Waals surface area contributed by atoms with Crippen molar-refractivity contribution in [3.05, 3.63) is 84.1 Å². The first-order valence-electron chi connectivity index (χ1n) is 9.05. The molecule has 0 saturated carbocycles. The molecule has 134 valence electrons. The molecule has 26 heavy (non-hydrogen) atoms. The van der Waals surface area contributed by atoms with Gasteiger partial charge in [-0.3, -0.25) is 4.79 Å². The normalized spacial score (nSPS) is 11.1. The minimum Gasteiger partial charge on any atom is -0.311 e. The van der Waals surface area contributed by atoms with Gasteiger partial charge in [-0.2, -0.15) is 5.10 Å². The van der Waals surface area contributed by atoms with Crippen molar-refractivity contribution in [2.75, 3.05) is 5.32 Å². The summed E-state index contributed by atoms with van der Waals surface area (Å²) < 4.78 is 1.85. The lowest BCUT2D eigenvalue weighted by Gasteiger charge is -2.18. The van der Waals surface area contributed by atoms with Crippen LogP contribution in [0.15, 0.2) is 72.9 Å². The van der Waals surface area contributed by atoms with Gasteiger partial charge in [0.05, 0.1) is 6.20 Å². The molecule has 1 N–H and O–H groups in total. The number of nitrogens with one attached hydrogen (secondary N) is 1. The van der Waals surface area contributed by atoms with Gasteiger partial charge >= 0.3 is 0 Å². The van der Waals surface area contributed by atoms with Gasteiger partial charge in [-0.05, 0) is 17.0 Å². The lowest BCUT2D eigenvalue weighted by Crippen LogP contribution is -2.19. The largest absolute Gasteiger partial charge is 0.311 e. The summed E-state index contributed by atoms with van der Waals surface area (Å²) in [5.74, 6) is 1.24. The van der Waals surface area contributed by atoms with Crippen LogP contribution in [-0.4, -0.2) is 15.7 Å². The zero-order valence-corrected chi connectivity index (χ0v) is 15.3. The highest BCUT2D eigenvalue weighted by Crippen LogP contribution is 2.28. The molecule has 0 atom stereocenters. The predicted molar refractivity (Wildman–Crippen MR) is 105 cm³/mol. The molecule has 3 rings (SSSR count). The van der Waals surface area contributed by atoms with Gasteiger partial charge in [0.25, 0.3) is 0 Å². The molecule has 4 heteroatoms. The highest BCUT2D eigenvalue weighted by molar-refractivity contribution is 5.90. The molecule has 0 saturated heterocycles. The van der Waals surface area contributed by atoms with Crippen molar-refractivity contribution in [1.82, 2.24) is 9.78 Å². The maximum Gasteiger partial charge on any atom is 0.226 e. The summed E-state index contributed by atoms with van der Waals surface area (Å²) >= 11 is 0. The predicted octanol–water partition coefficient (Wildman–Crippen LogP) is 4.70. The molecular formula is C22H25N3O. The molecule has 1 amide bonds. The number of amides is 1. The number of rotatable bonds is 7. The van der Waals surface area contributed by atoms with Crippen molar-refractivity contribution in [2.24, 2.45) is 5.92 Å². The third kappa shape index (κ3) is 4.60. The number of anilines is 1. The first-order valence-corrected chi connectivity index (χ1v) is 9.05. The van der Waals surface area contributed by atoms with Crippen LogP contribution in [0.1, 0.15) is 37.3 Å². The van der Waals surface area contributed by atoms with Crippen LogP contribution in [0.2, 0.25) is 0 Å². The van der Waals surface area contributed by atoms with Crippen molar-refractivity contribution < 1.29 is 4.79 Å². The number of hydrogen-bond acceptors (Lipinski definition) is 2. The van der Waals surface area contributed by atoms with Crippen molar-refractivity contribution >= 4 is 11.7 Å². The Balaban J connectivity index is 1.77. The fourth-order valence-corrected chi connectivity index (χ4v) is 3.11. The molecule has 0 unspecified atom stereocenters. The number of nitrogens with zero attached hydrogens (tertiary/aromatic N) is 2. The Kier molecular flexibility index (Phi) is 5.84. The number of carbonyl (C=O) groups is 1. The number of benzene rings is 2. The second-order valence-corrected chi connectivity index (χ2v) is 6.92. The Hall–Kier alpha value is -2.88. The second-order valence-electron chi connectivity index (χ2n) is 6.92. The standard InChI is InChI=1S/C22H25N3O/c1-17(2)16-25-21(13-14-23-25)24-22(26)15-20(18-9-5-3-6-10-18)19-11-7-4-8-12-19/h3-14,17,20H,15-16H2,1-2H3,(H,24,26). The molecule has 3 aromatic rings. The SMILES string of the molecule is CC(C)Cn1nccc1NC(=O)CC(c1ccccc1)c1ccccc1. The summed E-state index contributed by atoms with van der Waals surface area (Å²) in [7, 11) is 0. The Morgan fingerprint density at radius 2 is 1.54 bits per heavy atom. The molecule has 0 radical (unpaired) electrons. The van der Waals surface area contributed by atoms with Crippen molar-refractivity contribution in [2.45, 2.75) is 32.7 Å². The first-order chi connectivity index (χ1) is 12.6. The average Bonchev–Trinajstić information content (AvgIpc) is 3.07. The van der Waals surface area contributed by atoms with E-state index in [0.717, 1.165) is 23.5 Å². The number of hydrogen-bond donors (Lipinski definition) is 1. The maximum atomic E-state index is 12.8. The van der Waals surface area contributed by atoms with E-state index in [1.165, 1.54) is 0 Å². The van der Waals surface area contributed by atoms with Gasteiger partial charge in [-0.15, -0.1) is 0 Å². The highest BCUT2D eigenvalue weighted by Gasteiger charge is 2.19. The zero-order valence-electron chi connectivity index (χ0n) is 15.3. The molecule has 0 aliphatic carbocycles. The Bertz CT molecular complexity index is 785. The van der Waals surface area contributed by atoms with Gasteiger partial charge in [-0.1, -0.05) is 74.5 Å². The monoisotopic (exact) mass is 347 g/mol. The van der Waals surface area contributed by atoms with Crippen LogP contribution in [0, 0.1) is 5.92 Å². The summed E-state index contributed by atoms with van der Waals surface area (Å²) in [6, 6.07) is 22.2. The maximum absolute atomic E-state index is 12.8. The minimum absolute atomic E-state index is 0.00628. The molecule has 1 aromatic heterocycles. The fourth-order valence-electron chi connectivity index (χ4n) is 3.11. The van der Waals surface area contributed by atoms with E-state index >= 15 is 0 Å². The molecule has 0 aliphatic heterocycles. The average molecular weight is 347 g/mol. The number of carbonyl (C=O) groups excluding carboxylic acids is 1. The van der Waals surface area contributed by atoms with Gasteiger partial charge in [0, 0.05) is 24.9 Å². The van der Waals surface area contributed by atoms with Crippen LogP contribution in [0.5, 0.6) is 0 Å². The van der Waals surface area contributed by atoms with E-state index in [-0.39, 0.29) is 11.8 Å². The lowest BCUT2D eigenvalue weighted by atomic mass is 9.88. The molecule has 4 nitrogen and oxygen atoms in total. The summed E-state index contributed by atoms with van der Waals surface area (Å²) in [5, 5.41) is 7.33. The minimum atomic E-state index is -0.00628. The van der Waals surface area contributed by atoms with Crippen molar-refractivity contribution in [3.8, 4) is 0 Å². The molecule has 0 bridgehead atoms. The Labute approximate surface area is 154 Å². The quantitative estimate of drug-likeness (QED) is 0.673. The molecule has 1 heterocycles. The summed E-state index contributed by atoms with van der Waals surface area (Å²) in [4.78, 5) is 12.8. The second kappa shape index (κ2) is 8.48. The van der Waals surface area contributed by atoms with E-state index in [1.54, 1.807) is 6.20 Å². The summed E-state index contributed by atoms with van der Waals surface area (Å²) in [6.45, 7) is 5.05. The molecule has 2 aromatic carbocycles. The highest BCUT2D eigenvalue weighted by atomic mass is 16.1. The topological polar surface area (TPSA) is 46.9 Å². The van der Waals surface area contributed by atoms with Crippen LogP contribution >= 0.6 is 0 Å². The molecular weight excluding hydrogens is 322 g/mol. The smallest absolute Gasteiger partial charge is 0.226 e.